The molecule has 2 aromatic heterocycles. The van der Waals surface area contributed by atoms with Gasteiger partial charge in [-0.15, -0.1) is 22.7 Å². The number of hydrogen-bond acceptors (Lipinski definition) is 2. The number of benzene rings is 9. The van der Waals surface area contributed by atoms with E-state index in [2.05, 4.69) is 196 Å². The topological polar surface area (TPSA) is 0 Å². The fourth-order valence-electron chi connectivity index (χ4n) is 10.4. The maximum atomic E-state index is 2.47. The molecule has 0 fully saturated rings. The third-order valence-corrected chi connectivity index (χ3v) is 15.4. The number of rotatable bonds is 6. The second kappa shape index (κ2) is 14.6. The van der Waals surface area contributed by atoms with Crippen LogP contribution in [-0.2, 0) is 6.42 Å². The Kier molecular flexibility index (Phi) is 8.66. The van der Waals surface area contributed by atoms with E-state index in [1.165, 1.54) is 129 Å². The second-order valence-electron chi connectivity index (χ2n) is 16.4. The van der Waals surface area contributed by atoms with Gasteiger partial charge in [0.05, 0.1) is 0 Å². The van der Waals surface area contributed by atoms with E-state index in [0.29, 0.717) is 0 Å². The number of allylic oxidation sites excluding steroid dienone is 2. The number of thiophene rings is 2. The quantitative estimate of drug-likeness (QED) is 0.157. The van der Waals surface area contributed by atoms with Gasteiger partial charge in [-0.25, -0.2) is 0 Å². The lowest BCUT2D eigenvalue weighted by atomic mass is 9.80. The summed E-state index contributed by atoms with van der Waals surface area (Å²) in [5.74, 6) is 0. The molecule has 1 aliphatic rings. The van der Waals surface area contributed by atoms with Crippen LogP contribution < -0.4 is 0 Å². The van der Waals surface area contributed by atoms with Crippen molar-refractivity contribution in [2.45, 2.75) is 33.1 Å². The molecular weight excluding hydrogens is 773 g/mol. The molecule has 9 aromatic carbocycles. The molecule has 0 atom stereocenters. The molecule has 0 radical (unpaired) electrons. The molecule has 0 spiro atoms. The minimum atomic E-state index is 0.991. The smallest absolute Gasteiger partial charge is 0.0434 e. The van der Waals surface area contributed by atoms with Gasteiger partial charge < -0.3 is 0 Å². The van der Waals surface area contributed by atoms with Crippen LogP contribution in [0.25, 0.3) is 119 Å². The van der Waals surface area contributed by atoms with E-state index < -0.39 is 0 Å². The van der Waals surface area contributed by atoms with Crippen LogP contribution in [0.5, 0.6) is 0 Å². The predicted octanol–water partition coefficient (Wildman–Crippen LogP) is 18.1. The van der Waals surface area contributed by atoms with E-state index in [-0.39, 0.29) is 0 Å². The Hall–Kier alpha value is -6.58. The molecule has 290 valence electrons. The summed E-state index contributed by atoms with van der Waals surface area (Å²) < 4.78 is 5.38. The SMILES string of the molecule is CC/C=C\c1c(C)c(-c2ccc3c(c2)sc2c(-c4c5c(c(-c6ccc7c(c6)sc6ccccc67)c6ccccc46)CCC=C5)cccc23)c2ccccc2c1-c1ccccc1. The van der Waals surface area contributed by atoms with Gasteiger partial charge in [-0.05, 0) is 127 Å². The Morgan fingerprint density at radius 3 is 1.84 bits per heavy atom. The van der Waals surface area contributed by atoms with E-state index >= 15 is 0 Å². The molecule has 0 N–H and O–H groups in total. The van der Waals surface area contributed by atoms with Gasteiger partial charge in [-0.1, -0.05) is 171 Å². The van der Waals surface area contributed by atoms with Gasteiger partial charge in [-0.2, -0.15) is 0 Å². The molecule has 0 bridgehead atoms. The average Bonchev–Trinajstić information content (AvgIpc) is 3.88. The summed E-state index contributed by atoms with van der Waals surface area (Å²) >= 11 is 3.85. The molecule has 0 saturated heterocycles. The first kappa shape index (κ1) is 36.3. The molecule has 2 heteroatoms. The summed E-state index contributed by atoms with van der Waals surface area (Å²) in [6.45, 7) is 4.54. The Labute approximate surface area is 364 Å². The summed E-state index contributed by atoms with van der Waals surface area (Å²) in [6, 6.07) is 59.3. The highest BCUT2D eigenvalue weighted by Crippen LogP contribution is 2.50. The zero-order chi connectivity index (χ0) is 40.6. The maximum absolute atomic E-state index is 2.47. The molecule has 0 nitrogen and oxygen atoms in total. The van der Waals surface area contributed by atoms with Gasteiger partial charge in [0, 0.05) is 45.9 Å². The van der Waals surface area contributed by atoms with Crippen molar-refractivity contribution >= 4 is 96.7 Å². The van der Waals surface area contributed by atoms with Crippen molar-refractivity contribution < 1.29 is 0 Å². The highest BCUT2D eigenvalue weighted by Gasteiger charge is 2.25. The summed E-state index contributed by atoms with van der Waals surface area (Å²) in [7, 11) is 0. The van der Waals surface area contributed by atoms with E-state index in [0.717, 1.165) is 19.3 Å². The van der Waals surface area contributed by atoms with E-state index in [1.54, 1.807) is 0 Å². The molecule has 0 unspecified atom stereocenters. The highest BCUT2D eigenvalue weighted by atomic mass is 32.1. The zero-order valence-electron chi connectivity index (χ0n) is 34.3. The average molecular weight is 815 g/mol. The molecular formula is C59H42S2. The first-order valence-corrected chi connectivity index (χ1v) is 23.2. The molecule has 12 rings (SSSR count). The van der Waals surface area contributed by atoms with Crippen LogP contribution in [0.3, 0.4) is 0 Å². The van der Waals surface area contributed by atoms with E-state index in [1.807, 2.05) is 22.7 Å². The molecule has 0 amide bonds. The normalized spacial score (nSPS) is 12.9. The minimum absolute atomic E-state index is 0.991. The molecule has 2 heterocycles. The number of fused-ring (bicyclic) bond motifs is 9. The Morgan fingerprint density at radius 1 is 0.492 bits per heavy atom. The summed E-state index contributed by atoms with van der Waals surface area (Å²) in [4.78, 5) is 0. The predicted molar refractivity (Wildman–Crippen MR) is 270 cm³/mol. The van der Waals surface area contributed by atoms with Crippen LogP contribution in [-0.4, -0.2) is 0 Å². The van der Waals surface area contributed by atoms with Crippen LogP contribution in [0.1, 0.15) is 42.0 Å². The third kappa shape index (κ3) is 5.70. The molecule has 11 aromatic rings. The van der Waals surface area contributed by atoms with Crippen LogP contribution in [0.4, 0.5) is 0 Å². The second-order valence-corrected chi connectivity index (χ2v) is 18.6. The lowest BCUT2D eigenvalue weighted by Gasteiger charge is -2.24. The fraction of sp³-hybridized carbons (Fsp3) is 0.0847. The van der Waals surface area contributed by atoms with Crippen molar-refractivity contribution in [3.63, 3.8) is 0 Å². The Balaban J connectivity index is 1.07. The first-order chi connectivity index (χ1) is 30.2. The first-order valence-electron chi connectivity index (χ1n) is 21.6. The Morgan fingerprint density at radius 2 is 1.08 bits per heavy atom. The lowest BCUT2D eigenvalue weighted by molar-refractivity contribution is 0.991. The summed E-state index contributed by atoms with van der Waals surface area (Å²) in [6.07, 6.45) is 12.5. The standard InChI is InChI=1S/C59H42S2/c1-3-4-19-40-36(2)55(44-21-8-9-22-45(44)56(40)37-17-6-5-7-18-37)38-30-33-43-50-27-16-28-51(59(50)61-54(43)34-38)58-48-25-12-10-23-46(48)57(47-24-11-13-26-49(47)58)39-31-32-42-41-20-14-15-29-52(41)60-53(42)35-39/h4-10,12-23,25-35H,3,11,24H2,1-2H3/b19-4-. The lowest BCUT2D eigenvalue weighted by Crippen LogP contribution is -2.02. The fourth-order valence-corrected chi connectivity index (χ4v) is 12.8. The van der Waals surface area contributed by atoms with Gasteiger partial charge >= 0.3 is 0 Å². The van der Waals surface area contributed by atoms with Gasteiger partial charge in [-0.3, -0.25) is 0 Å². The minimum Gasteiger partial charge on any atom is -0.135 e. The van der Waals surface area contributed by atoms with Gasteiger partial charge in [0.25, 0.3) is 0 Å². The zero-order valence-corrected chi connectivity index (χ0v) is 35.9. The molecule has 61 heavy (non-hydrogen) atoms. The van der Waals surface area contributed by atoms with Crippen LogP contribution in [0.2, 0.25) is 0 Å². The summed E-state index contributed by atoms with van der Waals surface area (Å²) in [5, 5.41) is 10.6. The van der Waals surface area contributed by atoms with Gasteiger partial charge in [0.1, 0.15) is 0 Å². The van der Waals surface area contributed by atoms with Crippen LogP contribution >= 0.6 is 22.7 Å². The maximum Gasteiger partial charge on any atom is 0.0434 e. The van der Waals surface area contributed by atoms with Crippen molar-refractivity contribution in [2.75, 3.05) is 0 Å². The van der Waals surface area contributed by atoms with Crippen molar-refractivity contribution in [2.24, 2.45) is 0 Å². The van der Waals surface area contributed by atoms with E-state index in [9.17, 15) is 0 Å². The number of hydrogen-bond donors (Lipinski definition) is 0. The monoisotopic (exact) mass is 814 g/mol. The van der Waals surface area contributed by atoms with Crippen molar-refractivity contribution in [3.05, 3.63) is 192 Å². The largest absolute Gasteiger partial charge is 0.135 e. The Bertz CT molecular complexity index is 3630. The molecule has 0 aliphatic heterocycles. The highest BCUT2D eigenvalue weighted by molar-refractivity contribution is 7.26. The van der Waals surface area contributed by atoms with Crippen LogP contribution in [0.15, 0.2) is 170 Å². The van der Waals surface area contributed by atoms with Crippen LogP contribution in [0, 0.1) is 6.92 Å². The van der Waals surface area contributed by atoms with Crippen molar-refractivity contribution in [1.29, 1.82) is 0 Å². The molecule has 0 saturated carbocycles. The molecule has 1 aliphatic carbocycles. The summed E-state index contributed by atoms with van der Waals surface area (Å²) in [5.41, 5.74) is 16.0. The van der Waals surface area contributed by atoms with Gasteiger partial charge in [0.15, 0.2) is 0 Å². The van der Waals surface area contributed by atoms with E-state index in [4.69, 9.17) is 0 Å². The third-order valence-electron chi connectivity index (χ3n) is 13.0. The van der Waals surface area contributed by atoms with Gasteiger partial charge in [0.2, 0.25) is 0 Å². The van der Waals surface area contributed by atoms with Crippen molar-refractivity contribution in [1.82, 2.24) is 0 Å². The van der Waals surface area contributed by atoms with Crippen molar-refractivity contribution in [3.8, 4) is 44.5 Å².